The van der Waals surface area contributed by atoms with Crippen molar-refractivity contribution in [3.8, 4) is 0 Å². The van der Waals surface area contributed by atoms with Crippen LogP contribution in [0, 0.1) is 0 Å². The van der Waals surface area contributed by atoms with Gasteiger partial charge >= 0.3 is 0 Å². The molecule has 0 saturated heterocycles. The summed E-state index contributed by atoms with van der Waals surface area (Å²) in [5.41, 5.74) is 2.74. The fraction of sp³-hybridized carbons (Fsp3) is 0.600. The molecule has 96 valence electrons. The lowest BCUT2D eigenvalue weighted by molar-refractivity contribution is 0.448. The van der Waals surface area contributed by atoms with Gasteiger partial charge in [-0.3, -0.25) is 0 Å². The van der Waals surface area contributed by atoms with Crippen LogP contribution < -0.4 is 10.6 Å². The van der Waals surface area contributed by atoms with E-state index >= 15 is 0 Å². The third kappa shape index (κ3) is 4.39. The van der Waals surface area contributed by atoms with Crippen LogP contribution in [0.4, 0.5) is 5.69 Å². The van der Waals surface area contributed by atoms with Crippen molar-refractivity contribution in [2.45, 2.75) is 45.6 Å². The molecule has 0 bridgehead atoms. The standard InChI is InChI=1S/C15H26N2/c1-6-12(2)13-7-9-14(10-8-13)17-11-15(3,4)16-5/h7-10,12,16-17H,6,11H2,1-5H3. The lowest BCUT2D eigenvalue weighted by Gasteiger charge is -2.25. The molecule has 2 heteroatoms. The Morgan fingerprint density at radius 3 is 2.24 bits per heavy atom. The maximum Gasteiger partial charge on any atom is 0.0340 e. The van der Waals surface area contributed by atoms with Gasteiger partial charge in [0.1, 0.15) is 0 Å². The summed E-state index contributed by atoms with van der Waals surface area (Å²) in [6.07, 6.45) is 1.19. The minimum Gasteiger partial charge on any atom is -0.383 e. The fourth-order valence-electron chi connectivity index (χ4n) is 1.58. The Balaban J connectivity index is 2.57. The molecule has 2 N–H and O–H groups in total. The van der Waals surface area contributed by atoms with Crippen molar-refractivity contribution < 1.29 is 0 Å². The number of nitrogens with one attached hydrogen (secondary N) is 2. The van der Waals surface area contributed by atoms with Gasteiger partial charge in [-0.15, -0.1) is 0 Å². The number of anilines is 1. The molecule has 1 aromatic rings. The summed E-state index contributed by atoms with van der Waals surface area (Å²) in [6.45, 7) is 9.80. The first-order valence-corrected chi connectivity index (χ1v) is 6.51. The van der Waals surface area contributed by atoms with Crippen LogP contribution in [0.15, 0.2) is 24.3 Å². The maximum atomic E-state index is 3.46. The second-order valence-corrected chi connectivity index (χ2v) is 5.42. The Morgan fingerprint density at radius 2 is 1.76 bits per heavy atom. The van der Waals surface area contributed by atoms with Gasteiger partial charge in [0.25, 0.3) is 0 Å². The second-order valence-electron chi connectivity index (χ2n) is 5.42. The largest absolute Gasteiger partial charge is 0.383 e. The molecule has 0 aromatic heterocycles. The molecule has 0 spiro atoms. The van der Waals surface area contributed by atoms with Gasteiger partial charge in [0.05, 0.1) is 0 Å². The first-order chi connectivity index (χ1) is 7.98. The molecular formula is C15H26N2. The molecule has 1 unspecified atom stereocenters. The van der Waals surface area contributed by atoms with Crippen LogP contribution in [0.25, 0.3) is 0 Å². The first kappa shape index (κ1) is 14.0. The predicted octanol–water partition coefficient (Wildman–Crippen LogP) is 3.61. The van der Waals surface area contributed by atoms with Gasteiger partial charge in [-0.25, -0.2) is 0 Å². The molecule has 0 amide bonds. The zero-order chi connectivity index (χ0) is 12.9. The number of hydrogen-bond acceptors (Lipinski definition) is 2. The SMILES string of the molecule is CCC(C)c1ccc(NCC(C)(C)NC)cc1. The fourth-order valence-corrected chi connectivity index (χ4v) is 1.58. The first-order valence-electron chi connectivity index (χ1n) is 6.51. The van der Waals surface area contributed by atoms with E-state index in [-0.39, 0.29) is 5.54 Å². The molecule has 0 aliphatic heterocycles. The highest BCUT2D eigenvalue weighted by atomic mass is 15.0. The summed E-state index contributed by atoms with van der Waals surface area (Å²) < 4.78 is 0. The second kappa shape index (κ2) is 6.06. The number of rotatable bonds is 6. The van der Waals surface area contributed by atoms with E-state index in [9.17, 15) is 0 Å². The lowest BCUT2D eigenvalue weighted by atomic mass is 9.98. The quantitative estimate of drug-likeness (QED) is 0.785. The van der Waals surface area contributed by atoms with Crippen molar-refractivity contribution in [2.24, 2.45) is 0 Å². The van der Waals surface area contributed by atoms with Crippen molar-refractivity contribution in [3.05, 3.63) is 29.8 Å². The zero-order valence-corrected chi connectivity index (χ0v) is 11.8. The van der Waals surface area contributed by atoms with E-state index in [2.05, 4.69) is 62.6 Å². The minimum atomic E-state index is 0.120. The Labute approximate surface area is 106 Å². The van der Waals surface area contributed by atoms with Crippen molar-refractivity contribution in [3.63, 3.8) is 0 Å². The molecule has 0 saturated carbocycles. The van der Waals surface area contributed by atoms with E-state index in [0.717, 1.165) is 6.54 Å². The monoisotopic (exact) mass is 234 g/mol. The third-order valence-electron chi connectivity index (χ3n) is 3.50. The lowest BCUT2D eigenvalue weighted by Crippen LogP contribution is -2.42. The molecule has 0 heterocycles. The van der Waals surface area contributed by atoms with E-state index in [1.807, 2.05) is 7.05 Å². The van der Waals surface area contributed by atoms with Crippen LogP contribution in [-0.2, 0) is 0 Å². The van der Waals surface area contributed by atoms with Gasteiger partial charge in [0, 0.05) is 17.8 Å². The van der Waals surface area contributed by atoms with Crippen LogP contribution in [0.5, 0.6) is 0 Å². The topological polar surface area (TPSA) is 24.1 Å². The average molecular weight is 234 g/mol. The molecule has 0 aliphatic carbocycles. The van der Waals surface area contributed by atoms with Crippen LogP contribution in [-0.4, -0.2) is 19.1 Å². The molecular weight excluding hydrogens is 208 g/mol. The van der Waals surface area contributed by atoms with E-state index in [4.69, 9.17) is 0 Å². The molecule has 1 atom stereocenters. The average Bonchev–Trinajstić information content (AvgIpc) is 2.36. The van der Waals surface area contributed by atoms with Crippen molar-refractivity contribution in [1.82, 2.24) is 5.32 Å². The molecule has 1 aromatic carbocycles. The molecule has 0 radical (unpaired) electrons. The Morgan fingerprint density at radius 1 is 1.18 bits per heavy atom. The van der Waals surface area contributed by atoms with E-state index in [1.54, 1.807) is 0 Å². The molecule has 17 heavy (non-hydrogen) atoms. The Kier molecular flexibility index (Phi) is 5.01. The van der Waals surface area contributed by atoms with Crippen molar-refractivity contribution >= 4 is 5.69 Å². The van der Waals surface area contributed by atoms with Crippen LogP contribution in [0.1, 0.15) is 45.6 Å². The van der Waals surface area contributed by atoms with E-state index < -0.39 is 0 Å². The highest BCUT2D eigenvalue weighted by Gasteiger charge is 2.13. The summed E-state index contributed by atoms with van der Waals surface area (Å²) >= 11 is 0. The number of likely N-dealkylation sites (N-methyl/N-ethyl adjacent to an activating group) is 1. The Bertz CT molecular complexity index is 327. The van der Waals surface area contributed by atoms with Crippen LogP contribution >= 0.6 is 0 Å². The maximum absolute atomic E-state index is 3.46. The predicted molar refractivity (Wildman–Crippen MR) is 76.8 cm³/mol. The third-order valence-corrected chi connectivity index (χ3v) is 3.50. The summed E-state index contributed by atoms with van der Waals surface area (Å²) in [5.74, 6) is 0.651. The molecule has 0 fully saturated rings. The number of hydrogen-bond donors (Lipinski definition) is 2. The highest BCUT2D eigenvalue weighted by molar-refractivity contribution is 5.45. The summed E-state index contributed by atoms with van der Waals surface area (Å²) in [5, 5.41) is 6.75. The van der Waals surface area contributed by atoms with Gasteiger partial charge in [-0.1, -0.05) is 26.0 Å². The van der Waals surface area contributed by atoms with E-state index in [0.29, 0.717) is 5.92 Å². The smallest absolute Gasteiger partial charge is 0.0340 e. The normalized spacial score (nSPS) is 13.5. The summed E-state index contributed by atoms with van der Waals surface area (Å²) in [6, 6.07) is 8.80. The minimum absolute atomic E-state index is 0.120. The number of benzene rings is 1. The van der Waals surface area contributed by atoms with Crippen LogP contribution in [0.3, 0.4) is 0 Å². The zero-order valence-electron chi connectivity index (χ0n) is 11.8. The highest BCUT2D eigenvalue weighted by Crippen LogP contribution is 2.20. The van der Waals surface area contributed by atoms with Crippen LogP contribution in [0.2, 0.25) is 0 Å². The van der Waals surface area contributed by atoms with Gasteiger partial charge < -0.3 is 10.6 Å². The van der Waals surface area contributed by atoms with Gasteiger partial charge in [0.15, 0.2) is 0 Å². The van der Waals surface area contributed by atoms with Crippen molar-refractivity contribution in [2.75, 3.05) is 18.9 Å². The van der Waals surface area contributed by atoms with Gasteiger partial charge in [-0.05, 0) is 50.9 Å². The Hall–Kier alpha value is -1.02. The molecule has 2 nitrogen and oxygen atoms in total. The summed E-state index contributed by atoms with van der Waals surface area (Å²) in [4.78, 5) is 0. The molecule has 1 rings (SSSR count). The molecule has 0 aliphatic rings. The van der Waals surface area contributed by atoms with Crippen molar-refractivity contribution in [1.29, 1.82) is 0 Å². The van der Waals surface area contributed by atoms with Gasteiger partial charge in [0.2, 0.25) is 0 Å². The van der Waals surface area contributed by atoms with E-state index in [1.165, 1.54) is 17.7 Å². The van der Waals surface area contributed by atoms with Gasteiger partial charge in [-0.2, -0.15) is 0 Å². The summed E-state index contributed by atoms with van der Waals surface area (Å²) in [7, 11) is 1.99.